The molecule has 0 atom stereocenters. The zero-order valence-electron chi connectivity index (χ0n) is 7.72. The van der Waals surface area contributed by atoms with Gasteiger partial charge in [0.2, 0.25) is 0 Å². The second-order valence-electron chi connectivity index (χ2n) is 3.67. The Labute approximate surface area is 79.1 Å². The second-order valence-corrected chi connectivity index (χ2v) is 3.92. The quantitative estimate of drug-likeness (QED) is 0.658. The highest BCUT2D eigenvalue weighted by Gasteiger charge is 2.29. The summed E-state index contributed by atoms with van der Waals surface area (Å²) in [4.78, 5) is 2.37. The molecule has 0 radical (unpaired) electrons. The summed E-state index contributed by atoms with van der Waals surface area (Å²) in [5.74, 6) is 0. The van der Waals surface area contributed by atoms with Crippen LogP contribution in [0.2, 0.25) is 0 Å². The smallest absolute Gasteiger partial charge is 0.0645 e. The standard InChI is InChI=1S/C9H16ClNO/c1-9(2)8-12-7-6-11(9)5-3-4-10/h3-4H,5-8H2,1-2H3/b4-3+. The molecule has 0 unspecified atom stereocenters. The Bertz CT molecular complexity index is 168. The SMILES string of the molecule is CC1(C)COCCN1C/C=C/Cl. The van der Waals surface area contributed by atoms with Crippen LogP contribution in [-0.2, 0) is 4.74 Å². The van der Waals surface area contributed by atoms with Gasteiger partial charge in [-0.05, 0) is 13.8 Å². The highest BCUT2D eigenvalue weighted by Crippen LogP contribution is 2.18. The summed E-state index contributed by atoms with van der Waals surface area (Å²) in [6.07, 6.45) is 1.97. The van der Waals surface area contributed by atoms with Crippen molar-refractivity contribution in [3.05, 3.63) is 11.6 Å². The monoisotopic (exact) mass is 189 g/mol. The van der Waals surface area contributed by atoms with Gasteiger partial charge < -0.3 is 4.74 Å². The van der Waals surface area contributed by atoms with E-state index in [1.807, 2.05) is 6.08 Å². The average molecular weight is 190 g/mol. The topological polar surface area (TPSA) is 12.5 Å². The minimum Gasteiger partial charge on any atom is -0.378 e. The van der Waals surface area contributed by atoms with Crippen molar-refractivity contribution < 1.29 is 4.74 Å². The van der Waals surface area contributed by atoms with E-state index in [4.69, 9.17) is 16.3 Å². The molecule has 0 amide bonds. The van der Waals surface area contributed by atoms with Gasteiger partial charge in [-0.3, -0.25) is 4.90 Å². The normalized spacial score (nSPS) is 24.9. The van der Waals surface area contributed by atoms with Gasteiger partial charge in [0.25, 0.3) is 0 Å². The third-order valence-corrected chi connectivity index (χ3v) is 2.41. The first kappa shape index (κ1) is 10.0. The summed E-state index contributed by atoms with van der Waals surface area (Å²) in [6.45, 7) is 7.93. The lowest BCUT2D eigenvalue weighted by atomic mass is 10.0. The number of halogens is 1. The van der Waals surface area contributed by atoms with Gasteiger partial charge in [-0.15, -0.1) is 0 Å². The highest BCUT2D eigenvalue weighted by molar-refractivity contribution is 6.25. The molecule has 1 rings (SSSR count). The molecule has 0 aromatic rings. The van der Waals surface area contributed by atoms with Crippen LogP contribution in [0, 0.1) is 0 Å². The first-order valence-corrected chi connectivity index (χ1v) is 4.68. The summed E-state index contributed by atoms with van der Waals surface area (Å²) in [7, 11) is 0. The van der Waals surface area contributed by atoms with Gasteiger partial charge in [0.05, 0.1) is 13.2 Å². The van der Waals surface area contributed by atoms with Gasteiger partial charge in [0.1, 0.15) is 0 Å². The zero-order valence-corrected chi connectivity index (χ0v) is 8.47. The van der Waals surface area contributed by atoms with E-state index in [9.17, 15) is 0 Å². The fraction of sp³-hybridized carbons (Fsp3) is 0.778. The van der Waals surface area contributed by atoms with E-state index in [1.165, 1.54) is 0 Å². The third kappa shape index (κ3) is 2.47. The molecule has 0 spiro atoms. The molecule has 1 fully saturated rings. The molecule has 1 heterocycles. The van der Waals surface area contributed by atoms with E-state index in [0.717, 1.165) is 26.3 Å². The highest BCUT2D eigenvalue weighted by atomic mass is 35.5. The molecule has 1 aliphatic rings. The number of morpholine rings is 1. The first-order valence-electron chi connectivity index (χ1n) is 4.25. The molecule has 70 valence electrons. The van der Waals surface area contributed by atoms with Crippen molar-refractivity contribution in [1.29, 1.82) is 0 Å². The van der Waals surface area contributed by atoms with Crippen LogP contribution in [0.3, 0.4) is 0 Å². The molecule has 12 heavy (non-hydrogen) atoms. The molecule has 1 aliphatic heterocycles. The molecule has 0 aromatic carbocycles. The minimum atomic E-state index is 0.147. The summed E-state index contributed by atoms with van der Waals surface area (Å²) in [5.41, 5.74) is 1.72. The molecular formula is C9H16ClNO. The lowest BCUT2D eigenvalue weighted by Gasteiger charge is -2.41. The Morgan fingerprint density at radius 3 is 2.92 bits per heavy atom. The van der Waals surface area contributed by atoms with Crippen molar-refractivity contribution in [3.63, 3.8) is 0 Å². The first-order chi connectivity index (χ1) is 5.67. The number of hydrogen-bond acceptors (Lipinski definition) is 2. The van der Waals surface area contributed by atoms with Crippen molar-refractivity contribution in [3.8, 4) is 0 Å². The van der Waals surface area contributed by atoms with E-state index in [1.54, 1.807) is 5.54 Å². The van der Waals surface area contributed by atoms with Crippen LogP contribution in [0.25, 0.3) is 0 Å². The van der Waals surface area contributed by atoms with Crippen LogP contribution in [0.1, 0.15) is 13.8 Å². The molecular weight excluding hydrogens is 174 g/mol. The molecule has 0 bridgehead atoms. The maximum absolute atomic E-state index is 5.48. The van der Waals surface area contributed by atoms with Gasteiger partial charge in [0.15, 0.2) is 0 Å². The van der Waals surface area contributed by atoms with Crippen LogP contribution in [0.5, 0.6) is 0 Å². The maximum Gasteiger partial charge on any atom is 0.0645 e. The van der Waals surface area contributed by atoms with Gasteiger partial charge >= 0.3 is 0 Å². The Hall–Kier alpha value is -0.0500. The minimum absolute atomic E-state index is 0.147. The number of nitrogens with zero attached hydrogens (tertiary/aromatic N) is 1. The van der Waals surface area contributed by atoms with Crippen LogP contribution in [0.4, 0.5) is 0 Å². The van der Waals surface area contributed by atoms with E-state index >= 15 is 0 Å². The zero-order chi connectivity index (χ0) is 9.03. The van der Waals surface area contributed by atoms with E-state index < -0.39 is 0 Å². The maximum atomic E-state index is 5.48. The molecule has 2 nitrogen and oxygen atoms in total. The molecule has 1 saturated heterocycles. The molecule has 0 saturated carbocycles. The number of rotatable bonds is 2. The molecule has 0 N–H and O–H groups in total. The Kier molecular flexibility index (Phi) is 3.56. The van der Waals surface area contributed by atoms with Crippen molar-refractivity contribution in [2.24, 2.45) is 0 Å². The average Bonchev–Trinajstić information content (AvgIpc) is 2.02. The summed E-state index contributed by atoms with van der Waals surface area (Å²) in [6, 6.07) is 0. The van der Waals surface area contributed by atoms with Crippen molar-refractivity contribution in [2.75, 3.05) is 26.3 Å². The van der Waals surface area contributed by atoms with E-state index in [0.29, 0.717) is 0 Å². The summed E-state index contributed by atoms with van der Waals surface area (Å²) in [5, 5.41) is 0. The van der Waals surface area contributed by atoms with Crippen LogP contribution in [0.15, 0.2) is 11.6 Å². The second kappa shape index (κ2) is 4.26. The van der Waals surface area contributed by atoms with Gasteiger partial charge in [-0.25, -0.2) is 0 Å². The van der Waals surface area contributed by atoms with E-state index in [-0.39, 0.29) is 5.54 Å². The summed E-state index contributed by atoms with van der Waals surface area (Å²) >= 11 is 5.48. The molecule has 0 aliphatic carbocycles. The summed E-state index contributed by atoms with van der Waals surface area (Å²) < 4.78 is 5.40. The van der Waals surface area contributed by atoms with Crippen LogP contribution >= 0.6 is 11.6 Å². The Balaban J connectivity index is 2.48. The fourth-order valence-corrected chi connectivity index (χ4v) is 1.48. The van der Waals surface area contributed by atoms with Gasteiger partial charge in [-0.2, -0.15) is 0 Å². The predicted octanol–water partition coefficient (Wildman–Crippen LogP) is 1.85. The predicted molar refractivity (Wildman–Crippen MR) is 51.5 cm³/mol. The van der Waals surface area contributed by atoms with E-state index in [2.05, 4.69) is 18.7 Å². The third-order valence-electron chi connectivity index (χ3n) is 2.23. The van der Waals surface area contributed by atoms with Gasteiger partial charge in [0, 0.05) is 24.2 Å². The molecule has 0 aromatic heterocycles. The number of hydrogen-bond donors (Lipinski definition) is 0. The lowest BCUT2D eigenvalue weighted by molar-refractivity contribution is -0.0450. The lowest BCUT2D eigenvalue weighted by Crippen LogP contribution is -2.52. The molecule has 3 heteroatoms. The Morgan fingerprint density at radius 2 is 2.33 bits per heavy atom. The van der Waals surface area contributed by atoms with Crippen LogP contribution in [-0.4, -0.2) is 36.7 Å². The van der Waals surface area contributed by atoms with Crippen molar-refractivity contribution in [2.45, 2.75) is 19.4 Å². The fourth-order valence-electron chi connectivity index (χ4n) is 1.40. The largest absolute Gasteiger partial charge is 0.378 e. The van der Waals surface area contributed by atoms with Gasteiger partial charge in [-0.1, -0.05) is 17.7 Å². The van der Waals surface area contributed by atoms with Crippen molar-refractivity contribution in [1.82, 2.24) is 4.90 Å². The Morgan fingerprint density at radius 1 is 1.58 bits per heavy atom. The van der Waals surface area contributed by atoms with Crippen molar-refractivity contribution >= 4 is 11.6 Å². The van der Waals surface area contributed by atoms with Crippen LogP contribution < -0.4 is 0 Å². The number of ether oxygens (including phenoxy) is 1.